The number of carbonyl (C=O) groups is 1. The third-order valence-corrected chi connectivity index (χ3v) is 5.01. The summed E-state index contributed by atoms with van der Waals surface area (Å²) in [7, 11) is 0. The van der Waals surface area contributed by atoms with Gasteiger partial charge >= 0.3 is 0 Å². The van der Waals surface area contributed by atoms with E-state index < -0.39 is 0 Å². The minimum absolute atomic E-state index is 0.154. The number of carbonyl (C=O) groups excluding carboxylic acids is 1. The van der Waals surface area contributed by atoms with Crippen molar-refractivity contribution >= 4 is 5.91 Å². The Bertz CT molecular complexity index is 751. The third-order valence-electron chi connectivity index (χ3n) is 5.01. The highest BCUT2D eigenvalue weighted by Gasteiger charge is 2.30. The Balaban J connectivity index is 1.70. The van der Waals surface area contributed by atoms with Crippen molar-refractivity contribution < 1.29 is 9.32 Å². The van der Waals surface area contributed by atoms with Crippen molar-refractivity contribution in [1.29, 1.82) is 0 Å². The monoisotopic (exact) mass is 370 g/mol. The zero-order valence-electron chi connectivity index (χ0n) is 16.8. The second kappa shape index (κ2) is 8.21. The van der Waals surface area contributed by atoms with E-state index in [-0.39, 0.29) is 17.4 Å². The minimum Gasteiger partial charge on any atom is -0.339 e. The Labute approximate surface area is 161 Å². The highest BCUT2D eigenvalue weighted by molar-refractivity contribution is 5.77. The van der Waals surface area contributed by atoms with Crippen LogP contribution >= 0.6 is 0 Å². The summed E-state index contributed by atoms with van der Waals surface area (Å²) in [6, 6.07) is 10.4. The van der Waals surface area contributed by atoms with Gasteiger partial charge in [0.15, 0.2) is 5.82 Å². The van der Waals surface area contributed by atoms with E-state index in [1.165, 1.54) is 5.56 Å². The highest BCUT2D eigenvalue weighted by Crippen LogP contribution is 2.22. The maximum atomic E-state index is 12.8. The van der Waals surface area contributed by atoms with E-state index in [0.717, 1.165) is 19.5 Å². The van der Waals surface area contributed by atoms with Gasteiger partial charge in [-0.3, -0.25) is 9.69 Å². The van der Waals surface area contributed by atoms with Gasteiger partial charge in [-0.2, -0.15) is 4.98 Å². The van der Waals surface area contributed by atoms with Crippen LogP contribution in [-0.2, 0) is 23.3 Å². The number of amides is 1. The summed E-state index contributed by atoms with van der Waals surface area (Å²) in [5.74, 6) is 1.57. The molecule has 0 N–H and O–H groups in total. The Kier molecular flexibility index (Phi) is 5.95. The maximum Gasteiger partial charge on any atom is 0.232 e. The lowest BCUT2D eigenvalue weighted by molar-refractivity contribution is -0.133. The number of benzene rings is 1. The van der Waals surface area contributed by atoms with Crippen LogP contribution in [0.25, 0.3) is 0 Å². The smallest absolute Gasteiger partial charge is 0.232 e. The maximum absolute atomic E-state index is 12.8. The van der Waals surface area contributed by atoms with Gasteiger partial charge in [-0.25, -0.2) is 0 Å². The second-order valence-electron chi connectivity index (χ2n) is 8.32. The van der Waals surface area contributed by atoms with Crippen LogP contribution in [0.3, 0.4) is 0 Å². The van der Waals surface area contributed by atoms with Crippen LogP contribution in [0, 0.1) is 0 Å². The van der Waals surface area contributed by atoms with Gasteiger partial charge in [0.1, 0.15) is 0 Å². The summed E-state index contributed by atoms with van der Waals surface area (Å²) < 4.78 is 5.41. The molecule has 1 aliphatic heterocycles. The number of aromatic nitrogens is 2. The first-order valence-electron chi connectivity index (χ1n) is 9.75. The van der Waals surface area contributed by atoms with E-state index in [1.807, 2.05) is 23.1 Å². The van der Waals surface area contributed by atoms with Gasteiger partial charge in [0, 0.05) is 37.5 Å². The molecule has 2 heterocycles. The first-order valence-corrected chi connectivity index (χ1v) is 9.75. The summed E-state index contributed by atoms with van der Waals surface area (Å²) in [6.07, 6.45) is 1.45. The second-order valence-corrected chi connectivity index (χ2v) is 8.32. The molecule has 6 heteroatoms. The molecule has 146 valence electrons. The van der Waals surface area contributed by atoms with E-state index >= 15 is 0 Å². The van der Waals surface area contributed by atoms with Gasteiger partial charge in [0.25, 0.3) is 0 Å². The van der Waals surface area contributed by atoms with Crippen LogP contribution in [-0.4, -0.2) is 45.0 Å². The molecule has 6 nitrogen and oxygen atoms in total. The molecule has 1 saturated heterocycles. The minimum atomic E-state index is -0.154. The average Bonchev–Trinajstić information content (AvgIpc) is 3.06. The average molecular weight is 370 g/mol. The summed E-state index contributed by atoms with van der Waals surface area (Å²) >= 11 is 0. The first kappa shape index (κ1) is 19.5. The van der Waals surface area contributed by atoms with E-state index in [4.69, 9.17) is 4.52 Å². The lowest BCUT2D eigenvalue weighted by atomic mass is 9.97. The fourth-order valence-electron chi connectivity index (χ4n) is 3.40. The van der Waals surface area contributed by atoms with E-state index in [9.17, 15) is 4.79 Å². The Morgan fingerprint density at radius 2 is 1.93 bits per heavy atom. The van der Waals surface area contributed by atoms with Crippen molar-refractivity contribution in [2.24, 2.45) is 0 Å². The normalized spacial score (nSPS) is 19.3. The van der Waals surface area contributed by atoms with Crippen molar-refractivity contribution in [1.82, 2.24) is 19.9 Å². The standard InChI is InChI=1S/C21H30N4O2/c1-5-17-14-24(15-18-22-20(27-23-18)21(2,3)4)12-11-19(26)25(17)13-16-9-7-6-8-10-16/h6-10,17H,5,11-15H2,1-4H3. The molecule has 1 atom stereocenters. The molecule has 0 aliphatic carbocycles. The highest BCUT2D eigenvalue weighted by atomic mass is 16.5. The summed E-state index contributed by atoms with van der Waals surface area (Å²) in [5, 5.41) is 4.14. The number of hydrogen-bond donors (Lipinski definition) is 0. The van der Waals surface area contributed by atoms with Crippen molar-refractivity contribution in [2.75, 3.05) is 13.1 Å². The SMILES string of the molecule is CCC1CN(Cc2noc(C(C)(C)C)n2)CCC(=O)N1Cc1ccccc1. The Morgan fingerprint density at radius 1 is 1.19 bits per heavy atom. The lowest BCUT2D eigenvalue weighted by Gasteiger charge is -2.31. The predicted molar refractivity (Wildman–Crippen MR) is 104 cm³/mol. The molecule has 27 heavy (non-hydrogen) atoms. The van der Waals surface area contributed by atoms with Crippen LogP contribution in [0.5, 0.6) is 0 Å². The van der Waals surface area contributed by atoms with Crippen molar-refractivity contribution in [2.45, 2.75) is 65.1 Å². The molecule has 3 rings (SSSR count). The van der Waals surface area contributed by atoms with Crippen LogP contribution in [0.2, 0.25) is 0 Å². The Hall–Kier alpha value is -2.21. The fourth-order valence-corrected chi connectivity index (χ4v) is 3.40. The fraction of sp³-hybridized carbons (Fsp3) is 0.571. The van der Waals surface area contributed by atoms with Crippen LogP contribution < -0.4 is 0 Å². The summed E-state index contributed by atoms with van der Waals surface area (Å²) in [4.78, 5) is 21.6. The van der Waals surface area contributed by atoms with E-state index in [0.29, 0.717) is 31.2 Å². The van der Waals surface area contributed by atoms with Crippen molar-refractivity contribution in [3.05, 3.63) is 47.6 Å². The zero-order chi connectivity index (χ0) is 19.4. The molecule has 1 aliphatic rings. The first-order chi connectivity index (χ1) is 12.9. The van der Waals surface area contributed by atoms with Crippen molar-refractivity contribution in [3.63, 3.8) is 0 Å². The Morgan fingerprint density at radius 3 is 2.56 bits per heavy atom. The van der Waals surface area contributed by atoms with E-state index in [2.05, 4.69) is 54.9 Å². The van der Waals surface area contributed by atoms with Gasteiger partial charge in [0.2, 0.25) is 11.8 Å². The lowest BCUT2D eigenvalue weighted by Crippen LogP contribution is -2.42. The van der Waals surface area contributed by atoms with Crippen LogP contribution in [0.4, 0.5) is 0 Å². The molecule has 0 saturated carbocycles. The van der Waals surface area contributed by atoms with Gasteiger partial charge in [0.05, 0.1) is 6.54 Å². The van der Waals surface area contributed by atoms with Gasteiger partial charge < -0.3 is 9.42 Å². The molecule has 2 aromatic rings. The number of nitrogens with zero attached hydrogens (tertiary/aromatic N) is 4. The molecule has 0 spiro atoms. The van der Waals surface area contributed by atoms with Crippen LogP contribution in [0.1, 0.15) is 57.8 Å². The molecular formula is C21H30N4O2. The van der Waals surface area contributed by atoms with Gasteiger partial charge in [-0.15, -0.1) is 0 Å². The largest absolute Gasteiger partial charge is 0.339 e. The summed E-state index contributed by atoms with van der Waals surface area (Å²) in [5.41, 5.74) is 1.02. The third kappa shape index (κ3) is 4.95. The molecule has 1 fully saturated rings. The number of hydrogen-bond acceptors (Lipinski definition) is 5. The zero-order valence-corrected chi connectivity index (χ0v) is 16.8. The molecular weight excluding hydrogens is 340 g/mol. The summed E-state index contributed by atoms with van der Waals surface area (Å²) in [6.45, 7) is 11.2. The van der Waals surface area contributed by atoms with Gasteiger partial charge in [-0.05, 0) is 12.0 Å². The van der Waals surface area contributed by atoms with Gasteiger partial charge in [-0.1, -0.05) is 63.2 Å². The molecule has 1 amide bonds. The predicted octanol–water partition coefficient (Wildman–Crippen LogP) is 3.38. The molecule has 0 bridgehead atoms. The molecule has 1 aromatic heterocycles. The molecule has 1 unspecified atom stereocenters. The van der Waals surface area contributed by atoms with Crippen molar-refractivity contribution in [3.8, 4) is 0 Å². The number of rotatable bonds is 5. The molecule has 0 radical (unpaired) electrons. The van der Waals surface area contributed by atoms with Crippen LogP contribution in [0.15, 0.2) is 34.9 Å². The molecule has 1 aromatic carbocycles. The van der Waals surface area contributed by atoms with E-state index in [1.54, 1.807) is 0 Å². The topological polar surface area (TPSA) is 62.5 Å². The quantitative estimate of drug-likeness (QED) is 0.807.